The number of nitrogens with one attached hydrogen (secondary N) is 1. The molecule has 0 aliphatic carbocycles. The van der Waals surface area contributed by atoms with Gasteiger partial charge in [-0.2, -0.15) is 0 Å². The molecule has 3 unspecified atom stereocenters. The van der Waals surface area contributed by atoms with E-state index in [0.29, 0.717) is 25.8 Å². The maximum atomic E-state index is 12.6. The van der Waals surface area contributed by atoms with E-state index in [0.717, 1.165) is 0 Å². The van der Waals surface area contributed by atoms with E-state index in [1.807, 2.05) is 0 Å². The number of carbonyl (C=O) groups is 3. The molecule has 3 atom stereocenters. The highest BCUT2D eigenvalue weighted by molar-refractivity contribution is 7.53. The van der Waals surface area contributed by atoms with Crippen LogP contribution >= 0.6 is 7.60 Å². The summed E-state index contributed by atoms with van der Waals surface area (Å²) in [5.74, 6) is -3.56. The molecular formula is C16H33N2O7P. The monoisotopic (exact) mass is 396 g/mol. The topological polar surface area (TPSA) is 156 Å². The van der Waals surface area contributed by atoms with Crippen LogP contribution in [0.1, 0.15) is 60.7 Å². The first kappa shape index (κ1) is 24.7. The Morgan fingerprint density at radius 2 is 1.81 bits per heavy atom. The van der Waals surface area contributed by atoms with E-state index in [9.17, 15) is 28.9 Å². The van der Waals surface area contributed by atoms with Crippen LogP contribution in [0.25, 0.3) is 0 Å². The fraction of sp³-hybridized carbons (Fsp3) is 0.812. The number of hydrogen-bond donors (Lipinski definition) is 4. The average molecular weight is 396 g/mol. The van der Waals surface area contributed by atoms with Crippen molar-refractivity contribution in [3.05, 3.63) is 0 Å². The molecule has 0 aromatic heterocycles. The van der Waals surface area contributed by atoms with Crippen molar-refractivity contribution in [1.82, 2.24) is 5.32 Å². The van der Waals surface area contributed by atoms with Crippen LogP contribution in [0, 0.1) is 5.92 Å². The summed E-state index contributed by atoms with van der Waals surface area (Å²) in [6.45, 7) is 5.04. The molecule has 0 heterocycles. The van der Waals surface area contributed by atoms with Gasteiger partial charge in [-0.05, 0) is 45.1 Å². The summed E-state index contributed by atoms with van der Waals surface area (Å²) < 4.78 is 17.6. The Morgan fingerprint density at radius 3 is 2.27 bits per heavy atom. The lowest BCUT2D eigenvalue weighted by Gasteiger charge is -2.28. The predicted molar refractivity (Wildman–Crippen MR) is 98.7 cm³/mol. The van der Waals surface area contributed by atoms with Gasteiger partial charge in [0.05, 0.1) is 0 Å². The minimum Gasteiger partial charge on any atom is -0.479 e. The molecular weight excluding hydrogens is 363 g/mol. The van der Waals surface area contributed by atoms with Gasteiger partial charge in [-0.1, -0.05) is 13.8 Å². The van der Waals surface area contributed by atoms with Crippen LogP contribution in [0.15, 0.2) is 0 Å². The number of carbonyl (C=O) groups excluding carboxylic acids is 2. The summed E-state index contributed by atoms with van der Waals surface area (Å²) in [5.41, 5.74) is 5.36. The third-order valence-electron chi connectivity index (χ3n) is 3.70. The van der Waals surface area contributed by atoms with Crippen LogP contribution in [0.5, 0.6) is 0 Å². The number of carboxylic acid groups (broad SMARTS) is 1. The number of amides is 1. The van der Waals surface area contributed by atoms with Gasteiger partial charge in [0.15, 0.2) is 6.10 Å². The number of rotatable bonds is 14. The number of ketones is 1. The van der Waals surface area contributed by atoms with E-state index >= 15 is 0 Å². The Hall–Kier alpha value is -1.28. The zero-order valence-corrected chi connectivity index (χ0v) is 16.5. The maximum absolute atomic E-state index is 12.6. The number of unbranched alkanes of at least 4 members (excludes halogenated alkanes) is 1. The third kappa shape index (κ3) is 10.0. The summed E-state index contributed by atoms with van der Waals surface area (Å²) in [6, 6.07) is 0. The summed E-state index contributed by atoms with van der Waals surface area (Å²) >= 11 is 0. The van der Waals surface area contributed by atoms with Crippen LogP contribution in [-0.4, -0.2) is 46.1 Å². The molecule has 0 aromatic rings. The van der Waals surface area contributed by atoms with Gasteiger partial charge < -0.3 is 25.8 Å². The van der Waals surface area contributed by atoms with Gasteiger partial charge in [-0.3, -0.25) is 13.9 Å². The van der Waals surface area contributed by atoms with Crippen LogP contribution in [-0.2, 0) is 23.5 Å². The van der Waals surface area contributed by atoms with Gasteiger partial charge in [0.2, 0.25) is 5.91 Å². The molecule has 0 rings (SSSR count). The van der Waals surface area contributed by atoms with Crippen molar-refractivity contribution < 1.29 is 34.9 Å². The second-order valence-electron chi connectivity index (χ2n) is 6.59. The first-order valence-corrected chi connectivity index (χ1v) is 10.4. The van der Waals surface area contributed by atoms with Crippen LogP contribution in [0.4, 0.5) is 0 Å². The number of nitrogens with two attached hydrogens (primary N) is 1. The first-order valence-electron chi connectivity index (χ1n) is 8.73. The lowest BCUT2D eigenvalue weighted by molar-refractivity contribution is -0.145. The molecule has 10 heteroatoms. The number of aliphatic carboxylic acids is 1. The highest BCUT2D eigenvalue weighted by Gasteiger charge is 2.40. The highest BCUT2D eigenvalue weighted by atomic mass is 31.2. The molecule has 0 aromatic carbocycles. The zero-order valence-electron chi connectivity index (χ0n) is 15.6. The Balaban J connectivity index is 0. The fourth-order valence-electron chi connectivity index (χ4n) is 2.30. The molecule has 154 valence electrons. The molecule has 0 saturated carbocycles. The molecule has 0 radical (unpaired) electrons. The molecule has 26 heavy (non-hydrogen) atoms. The Bertz CT molecular complexity index is 531. The average Bonchev–Trinajstić information content (AvgIpc) is 2.50. The van der Waals surface area contributed by atoms with Crippen molar-refractivity contribution >= 4 is 25.3 Å². The Labute approximate surface area is 155 Å². The van der Waals surface area contributed by atoms with Crippen LogP contribution in [0.2, 0.25) is 0 Å². The molecule has 0 spiro atoms. The van der Waals surface area contributed by atoms with Crippen molar-refractivity contribution in [2.75, 3.05) is 6.54 Å². The second-order valence-corrected chi connectivity index (χ2v) is 8.49. The lowest BCUT2D eigenvalue weighted by Crippen LogP contribution is -2.40. The van der Waals surface area contributed by atoms with Crippen molar-refractivity contribution in [3.63, 3.8) is 0 Å². The summed E-state index contributed by atoms with van der Waals surface area (Å²) in [6.07, 6.45) is 0.221. The molecule has 9 nitrogen and oxygen atoms in total. The van der Waals surface area contributed by atoms with Gasteiger partial charge in [0, 0.05) is 14.3 Å². The smallest absolute Gasteiger partial charge is 0.351 e. The van der Waals surface area contributed by atoms with Gasteiger partial charge in [0.25, 0.3) is 0 Å². The Morgan fingerprint density at radius 1 is 1.19 bits per heavy atom. The predicted octanol–water partition coefficient (Wildman–Crippen LogP) is 1.87. The van der Waals surface area contributed by atoms with Crippen molar-refractivity contribution in [1.29, 1.82) is 0 Å². The van der Waals surface area contributed by atoms with Gasteiger partial charge in [0.1, 0.15) is 11.6 Å². The largest absolute Gasteiger partial charge is 0.479 e. The van der Waals surface area contributed by atoms with Crippen LogP contribution < -0.4 is 11.1 Å². The summed E-state index contributed by atoms with van der Waals surface area (Å²) in [7, 11) is -4.43. The standard InChI is InChI=1S/C16H31N2O7P.H2/c1-11(2)15(18-14(20)9-6-7-12(3)19)26(23,24)25-13(16(21)22)8-4-5-10-17;/h11,13,15H,4-10,17H2,1-3H3,(H,18,20)(H,21,22)(H,23,24);1H. The molecule has 0 saturated heterocycles. The molecule has 5 N–H and O–H groups in total. The Kier molecular flexibility index (Phi) is 11.6. The molecule has 0 aliphatic rings. The first-order chi connectivity index (χ1) is 12.0. The number of Topliss-reactive ketones (excluding diaryl/α,β-unsaturated/α-hetero) is 1. The molecule has 0 bridgehead atoms. The summed E-state index contributed by atoms with van der Waals surface area (Å²) in [4.78, 5) is 44.4. The second kappa shape index (κ2) is 12.2. The van der Waals surface area contributed by atoms with Crippen LogP contribution in [0.3, 0.4) is 0 Å². The van der Waals surface area contributed by atoms with Crippen molar-refractivity contribution in [3.8, 4) is 0 Å². The van der Waals surface area contributed by atoms with Gasteiger partial charge >= 0.3 is 13.6 Å². The molecule has 0 fully saturated rings. The van der Waals surface area contributed by atoms with Gasteiger partial charge in [-0.15, -0.1) is 0 Å². The lowest BCUT2D eigenvalue weighted by atomic mass is 10.1. The highest BCUT2D eigenvalue weighted by Crippen LogP contribution is 2.50. The minimum atomic E-state index is -4.43. The van der Waals surface area contributed by atoms with E-state index in [2.05, 4.69) is 5.32 Å². The van der Waals surface area contributed by atoms with E-state index in [1.165, 1.54) is 6.92 Å². The fourth-order valence-corrected chi connectivity index (χ4v) is 4.06. The normalized spacial score (nSPS) is 15.9. The number of hydrogen-bond acceptors (Lipinski definition) is 6. The van der Waals surface area contributed by atoms with E-state index < -0.39 is 37.3 Å². The number of carboxylic acids is 1. The molecule has 1 amide bonds. The van der Waals surface area contributed by atoms with Gasteiger partial charge in [-0.25, -0.2) is 4.79 Å². The van der Waals surface area contributed by atoms with Crippen molar-refractivity contribution in [2.24, 2.45) is 11.7 Å². The SMILES string of the molecule is CC(=O)CCCC(=O)NC(C(C)C)P(=O)(O)OC(CCCCN)C(=O)O.[HH]. The maximum Gasteiger partial charge on any atom is 0.351 e. The summed E-state index contributed by atoms with van der Waals surface area (Å²) in [5, 5.41) is 11.6. The van der Waals surface area contributed by atoms with E-state index in [-0.39, 0.29) is 26.5 Å². The van der Waals surface area contributed by atoms with E-state index in [1.54, 1.807) is 13.8 Å². The third-order valence-corrected chi connectivity index (χ3v) is 5.68. The van der Waals surface area contributed by atoms with E-state index in [4.69, 9.17) is 10.3 Å². The quantitative estimate of drug-likeness (QED) is 0.256. The zero-order chi connectivity index (χ0) is 20.3. The van der Waals surface area contributed by atoms with Crippen molar-refractivity contribution in [2.45, 2.75) is 71.2 Å². The minimum absolute atomic E-state index is 0. The molecule has 0 aliphatic heterocycles.